The van der Waals surface area contributed by atoms with Gasteiger partial charge in [0.15, 0.2) is 0 Å². The molecule has 4 N–H and O–H groups in total. The molecule has 3 rings (SSSR count). The Hall–Kier alpha value is -3.82. The molecule has 0 unspecified atom stereocenters. The van der Waals surface area contributed by atoms with Gasteiger partial charge in [0.25, 0.3) is 5.91 Å². The van der Waals surface area contributed by atoms with E-state index < -0.39 is 11.8 Å². The maximum atomic E-state index is 13.1. The van der Waals surface area contributed by atoms with Crippen molar-refractivity contribution in [1.82, 2.24) is 15.4 Å². The normalized spacial score (nSPS) is 10.5. The number of nitrogens with one attached hydrogen (secondary N) is 2. The van der Waals surface area contributed by atoms with E-state index in [1.54, 1.807) is 48.7 Å². The Morgan fingerprint density at radius 1 is 0.967 bits per heavy atom. The van der Waals surface area contributed by atoms with Crippen LogP contribution in [0.1, 0.15) is 15.9 Å². The highest BCUT2D eigenvalue weighted by atomic mass is 16.5. The van der Waals surface area contributed by atoms with Gasteiger partial charge in [-0.1, -0.05) is 30.3 Å². The predicted molar refractivity (Wildman–Crippen MR) is 109 cm³/mol. The predicted octanol–water partition coefficient (Wildman–Crippen LogP) is 1.31. The molecule has 0 radical (unpaired) electrons. The van der Waals surface area contributed by atoms with Gasteiger partial charge in [-0.3, -0.25) is 24.6 Å². The number of aromatic nitrogens is 1. The van der Waals surface area contributed by atoms with Gasteiger partial charge < -0.3 is 15.3 Å². The molecule has 1 heterocycles. The van der Waals surface area contributed by atoms with Crippen LogP contribution in [0.3, 0.4) is 0 Å². The second kappa shape index (κ2) is 9.59. The summed E-state index contributed by atoms with van der Waals surface area (Å²) in [5.74, 6) is -2.45. The number of aliphatic hydroxyl groups excluding tert-OH is 1. The number of fused-ring (bicyclic) bond motifs is 1. The number of rotatable bonds is 6. The number of benzene rings is 2. The molecule has 9 nitrogen and oxygen atoms in total. The molecule has 0 spiro atoms. The summed E-state index contributed by atoms with van der Waals surface area (Å²) in [6.07, 6.45) is 1.62. The highest BCUT2D eigenvalue weighted by Gasteiger charge is 2.19. The Labute approximate surface area is 171 Å². The molecule has 0 fully saturated rings. The van der Waals surface area contributed by atoms with Crippen LogP contribution in [0.25, 0.3) is 10.9 Å². The number of amides is 3. The summed E-state index contributed by atoms with van der Waals surface area (Å²) in [5.41, 5.74) is 3.40. The van der Waals surface area contributed by atoms with Crippen molar-refractivity contribution in [3.05, 3.63) is 71.9 Å². The number of anilines is 1. The molecule has 2 aromatic carbocycles. The van der Waals surface area contributed by atoms with Gasteiger partial charge in [-0.25, -0.2) is 5.48 Å². The van der Waals surface area contributed by atoms with Crippen LogP contribution in [-0.2, 0) is 16.1 Å². The molecule has 30 heavy (non-hydrogen) atoms. The van der Waals surface area contributed by atoms with Crippen LogP contribution >= 0.6 is 0 Å². The number of hydrogen-bond acceptors (Lipinski definition) is 6. The third kappa shape index (κ3) is 4.77. The lowest BCUT2D eigenvalue weighted by atomic mass is 10.1. The number of carbonyl (C=O) groups is 3. The standard InChI is InChI=1S/C21H20N4O5/c26-12-11-25(21(29)17-5-1-3-15-4-2-10-22-18(15)17)13-14-6-8-16(9-7-14)23-19(27)20(28)24-30/h1-10,26,30H,11-13H2,(H,23,27)(H,24,28). The number of carbonyl (C=O) groups excluding carboxylic acids is 3. The number of aliphatic hydroxyl groups is 1. The smallest absolute Gasteiger partial charge is 0.332 e. The SMILES string of the molecule is O=C(NO)C(=O)Nc1ccc(CN(CCO)C(=O)c2cccc3cccnc23)cc1. The van der Waals surface area contributed by atoms with Gasteiger partial charge in [0.1, 0.15) is 0 Å². The summed E-state index contributed by atoms with van der Waals surface area (Å²) < 4.78 is 0. The monoisotopic (exact) mass is 408 g/mol. The average Bonchev–Trinajstić information content (AvgIpc) is 2.78. The molecule has 0 aliphatic rings. The summed E-state index contributed by atoms with van der Waals surface area (Å²) in [7, 11) is 0. The third-order valence-electron chi connectivity index (χ3n) is 4.41. The Bertz CT molecular complexity index is 1060. The molecule has 0 aliphatic carbocycles. The minimum Gasteiger partial charge on any atom is -0.395 e. The van der Waals surface area contributed by atoms with Crippen molar-refractivity contribution in [2.75, 3.05) is 18.5 Å². The van der Waals surface area contributed by atoms with Crippen molar-refractivity contribution >= 4 is 34.3 Å². The van der Waals surface area contributed by atoms with Gasteiger partial charge in [0.2, 0.25) is 0 Å². The van der Waals surface area contributed by atoms with Crippen molar-refractivity contribution in [1.29, 1.82) is 0 Å². The average molecular weight is 408 g/mol. The lowest BCUT2D eigenvalue weighted by molar-refractivity contribution is -0.141. The first kappa shape index (κ1) is 20.9. The van der Waals surface area contributed by atoms with Gasteiger partial charge in [0.05, 0.1) is 17.7 Å². The fourth-order valence-electron chi connectivity index (χ4n) is 2.97. The highest BCUT2D eigenvalue weighted by molar-refractivity contribution is 6.39. The molecule has 0 aliphatic heterocycles. The van der Waals surface area contributed by atoms with E-state index in [0.29, 0.717) is 16.8 Å². The van der Waals surface area contributed by atoms with Crippen LogP contribution in [0.5, 0.6) is 0 Å². The Kier molecular flexibility index (Phi) is 6.68. The third-order valence-corrected chi connectivity index (χ3v) is 4.41. The molecule has 1 aromatic heterocycles. The molecule has 0 atom stereocenters. The Morgan fingerprint density at radius 2 is 1.70 bits per heavy atom. The van der Waals surface area contributed by atoms with Crippen LogP contribution in [-0.4, -0.2) is 51.1 Å². The number of pyridine rings is 1. The molecular formula is C21H20N4O5. The topological polar surface area (TPSA) is 132 Å². The summed E-state index contributed by atoms with van der Waals surface area (Å²) >= 11 is 0. The van der Waals surface area contributed by atoms with E-state index in [4.69, 9.17) is 5.21 Å². The van der Waals surface area contributed by atoms with E-state index in [-0.39, 0.29) is 25.6 Å². The van der Waals surface area contributed by atoms with Gasteiger partial charge in [0, 0.05) is 30.4 Å². The van der Waals surface area contributed by atoms with E-state index in [1.807, 2.05) is 12.1 Å². The minimum absolute atomic E-state index is 0.136. The zero-order valence-corrected chi connectivity index (χ0v) is 15.9. The van der Waals surface area contributed by atoms with Crippen LogP contribution in [0.15, 0.2) is 60.8 Å². The second-order valence-electron chi connectivity index (χ2n) is 6.42. The lowest BCUT2D eigenvalue weighted by Crippen LogP contribution is -2.33. The summed E-state index contributed by atoms with van der Waals surface area (Å²) in [5, 5.41) is 21.1. The first-order valence-corrected chi connectivity index (χ1v) is 9.11. The molecule has 154 valence electrons. The number of nitrogens with zero attached hydrogens (tertiary/aromatic N) is 2. The van der Waals surface area contributed by atoms with Crippen LogP contribution < -0.4 is 10.8 Å². The zero-order chi connectivity index (χ0) is 21.5. The molecular weight excluding hydrogens is 388 g/mol. The Balaban J connectivity index is 1.77. The van der Waals surface area contributed by atoms with Crippen LogP contribution in [0.2, 0.25) is 0 Å². The lowest BCUT2D eigenvalue weighted by Gasteiger charge is -2.22. The van der Waals surface area contributed by atoms with Crippen molar-refractivity contribution < 1.29 is 24.7 Å². The van der Waals surface area contributed by atoms with Gasteiger partial charge >= 0.3 is 11.8 Å². The largest absolute Gasteiger partial charge is 0.395 e. The number of hydroxylamine groups is 1. The first-order valence-electron chi connectivity index (χ1n) is 9.11. The fourth-order valence-corrected chi connectivity index (χ4v) is 2.97. The fraction of sp³-hybridized carbons (Fsp3) is 0.143. The van der Waals surface area contributed by atoms with Gasteiger partial charge in [-0.05, 0) is 29.8 Å². The maximum Gasteiger partial charge on any atom is 0.332 e. The van der Waals surface area contributed by atoms with Gasteiger partial charge in [-0.15, -0.1) is 0 Å². The van der Waals surface area contributed by atoms with Crippen molar-refractivity contribution in [2.45, 2.75) is 6.54 Å². The molecule has 9 heteroatoms. The maximum absolute atomic E-state index is 13.1. The summed E-state index contributed by atoms with van der Waals surface area (Å²) in [4.78, 5) is 41.5. The molecule has 0 saturated carbocycles. The summed E-state index contributed by atoms with van der Waals surface area (Å²) in [6.45, 7) is 0.166. The minimum atomic E-state index is -1.18. The van der Waals surface area contributed by atoms with Crippen molar-refractivity contribution in [3.63, 3.8) is 0 Å². The van der Waals surface area contributed by atoms with E-state index in [1.165, 1.54) is 10.4 Å². The van der Waals surface area contributed by atoms with Gasteiger partial charge in [-0.2, -0.15) is 0 Å². The zero-order valence-electron chi connectivity index (χ0n) is 15.9. The highest BCUT2D eigenvalue weighted by Crippen LogP contribution is 2.19. The van der Waals surface area contributed by atoms with Crippen molar-refractivity contribution in [2.24, 2.45) is 0 Å². The van der Waals surface area contributed by atoms with Crippen molar-refractivity contribution in [3.8, 4) is 0 Å². The van der Waals surface area contributed by atoms with Crippen LogP contribution in [0, 0.1) is 0 Å². The Morgan fingerprint density at radius 3 is 2.40 bits per heavy atom. The van der Waals surface area contributed by atoms with E-state index in [2.05, 4.69) is 10.3 Å². The molecule has 0 bridgehead atoms. The molecule has 3 aromatic rings. The second-order valence-corrected chi connectivity index (χ2v) is 6.42. The number of para-hydroxylation sites is 1. The molecule has 3 amide bonds. The van der Waals surface area contributed by atoms with E-state index in [9.17, 15) is 19.5 Å². The summed E-state index contributed by atoms with van der Waals surface area (Å²) in [6, 6.07) is 15.5. The van der Waals surface area contributed by atoms with E-state index >= 15 is 0 Å². The quantitative estimate of drug-likeness (QED) is 0.276. The molecule has 0 saturated heterocycles. The van der Waals surface area contributed by atoms with E-state index in [0.717, 1.165) is 10.9 Å². The number of hydrogen-bond donors (Lipinski definition) is 4. The van der Waals surface area contributed by atoms with Crippen LogP contribution in [0.4, 0.5) is 5.69 Å². The first-order chi connectivity index (χ1) is 14.5.